The second-order valence-electron chi connectivity index (χ2n) is 3.73. The van der Waals surface area contributed by atoms with E-state index in [4.69, 9.17) is 5.11 Å². The number of aliphatic hydroxyl groups excluding tert-OH is 1. The highest BCUT2D eigenvalue weighted by Crippen LogP contribution is 2.21. The van der Waals surface area contributed by atoms with Gasteiger partial charge in [0.15, 0.2) is 0 Å². The summed E-state index contributed by atoms with van der Waals surface area (Å²) in [5.74, 6) is 1.47. The van der Waals surface area contributed by atoms with Crippen LogP contribution in [0, 0.1) is 6.92 Å². The van der Waals surface area contributed by atoms with Crippen molar-refractivity contribution in [2.24, 2.45) is 0 Å². The lowest BCUT2D eigenvalue weighted by molar-refractivity contribution is 0.276. The minimum Gasteiger partial charge on any atom is -0.390 e. The van der Waals surface area contributed by atoms with Gasteiger partial charge in [0.05, 0.1) is 18.1 Å². The maximum atomic E-state index is 8.99. The van der Waals surface area contributed by atoms with Crippen molar-refractivity contribution in [2.75, 3.05) is 0 Å². The highest BCUT2D eigenvalue weighted by molar-refractivity contribution is 7.98. The van der Waals surface area contributed by atoms with Crippen LogP contribution in [0.1, 0.15) is 17.1 Å². The van der Waals surface area contributed by atoms with Crippen LogP contribution in [0.15, 0.2) is 41.4 Å². The molecule has 1 heterocycles. The number of benzene rings is 1. The first-order valence-corrected chi connectivity index (χ1v) is 6.37. The number of hydrogen-bond donors (Lipinski definition) is 1. The summed E-state index contributed by atoms with van der Waals surface area (Å²) in [6.45, 7) is 2.04. The zero-order valence-corrected chi connectivity index (χ0v) is 10.4. The van der Waals surface area contributed by atoms with Gasteiger partial charge in [-0.2, -0.15) is 0 Å². The Kier molecular flexibility index (Phi) is 4.12. The molecule has 0 spiro atoms. The molecule has 88 valence electrons. The Balaban J connectivity index is 2.02. The number of aliphatic hydroxyl groups is 1. The van der Waals surface area contributed by atoms with Crippen molar-refractivity contribution < 1.29 is 5.11 Å². The molecule has 0 amide bonds. The van der Waals surface area contributed by atoms with Crippen LogP contribution >= 0.6 is 11.8 Å². The first-order chi connectivity index (χ1) is 8.28. The normalized spacial score (nSPS) is 10.5. The summed E-state index contributed by atoms with van der Waals surface area (Å²) < 4.78 is 0. The quantitative estimate of drug-likeness (QED) is 0.842. The Bertz CT molecular complexity index is 502. The molecule has 3 nitrogen and oxygen atoms in total. The van der Waals surface area contributed by atoms with Gasteiger partial charge in [0.2, 0.25) is 0 Å². The molecule has 0 aliphatic heterocycles. The molecular formula is C13H14N2OS. The molecule has 2 rings (SSSR count). The van der Waals surface area contributed by atoms with E-state index in [1.807, 2.05) is 6.07 Å². The summed E-state index contributed by atoms with van der Waals surface area (Å²) in [5, 5.41) is 8.99. The highest BCUT2D eigenvalue weighted by Gasteiger charge is 2.00. The van der Waals surface area contributed by atoms with Crippen molar-refractivity contribution in [3.63, 3.8) is 0 Å². The van der Waals surface area contributed by atoms with Gasteiger partial charge in [-0.25, -0.2) is 9.97 Å². The van der Waals surface area contributed by atoms with Crippen LogP contribution in [0.2, 0.25) is 0 Å². The Morgan fingerprint density at radius 3 is 2.94 bits per heavy atom. The first kappa shape index (κ1) is 12.1. The van der Waals surface area contributed by atoms with Gasteiger partial charge in [-0.3, -0.25) is 0 Å². The smallest absolute Gasteiger partial charge is 0.138 e. The van der Waals surface area contributed by atoms with E-state index >= 15 is 0 Å². The van der Waals surface area contributed by atoms with E-state index < -0.39 is 0 Å². The standard InChI is InChI=1S/C13H14N2OS/c1-10-3-2-4-12(7-10)17-9-13-14-6-5-11(8-16)15-13/h2-7,16H,8-9H2,1H3. The minimum atomic E-state index is -0.0371. The predicted molar refractivity (Wildman–Crippen MR) is 68.7 cm³/mol. The zero-order chi connectivity index (χ0) is 12.1. The summed E-state index contributed by atoms with van der Waals surface area (Å²) in [4.78, 5) is 9.64. The van der Waals surface area contributed by atoms with Gasteiger partial charge in [-0.05, 0) is 25.1 Å². The van der Waals surface area contributed by atoms with Crippen molar-refractivity contribution in [2.45, 2.75) is 24.2 Å². The second-order valence-corrected chi connectivity index (χ2v) is 4.78. The molecule has 1 aromatic carbocycles. The van der Waals surface area contributed by atoms with Crippen LogP contribution in [-0.2, 0) is 12.4 Å². The van der Waals surface area contributed by atoms with Gasteiger partial charge in [0.1, 0.15) is 5.82 Å². The summed E-state index contributed by atoms with van der Waals surface area (Å²) >= 11 is 1.70. The van der Waals surface area contributed by atoms with Gasteiger partial charge in [-0.1, -0.05) is 17.7 Å². The van der Waals surface area contributed by atoms with Gasteiger partial charge in [0.25, 0.3) is 0 Å². The van der Waals surface area contributed by atoms with E-state index in [2.05, 4.69) is 35.1 Å². The van der Waals surface area contributed by atoms with Crippen molar-refractivity contribution >= 4 is 11.8 Å². The molecule has 1 aromatic heterocycles. The number of aryl methyl sites for hydroxylation is 1. The van der Waals surface area contributed by atoms with E-state index in [0.29, 0.717) is 5.69 Å². The van der Waals surface area contributed by atoms with E-state index in [0.717, 1.165) is 11.6 Å². The molecule has 17 heavy (non-hydrogen) atoms. The van der Waals surface area contributed by atoms with Crippen LogP contribution in [-0.4, -0.2) is 15.1 Å². The van der Waals surface area contributed by atoms with Crippen molar-refractivity contribution in [1.82, 2.24) is 9.97 Å². The lowest BCUT2D eigenvalue weighted by atomic mass is 10.2. The molecule has 0 saturated carbocycles. The zero-order valence-electron chi connectivity index (χ0n) is 9.63. The third-order valence-electron chi connectivity index (χ3n) is 2.28. The van der Waals surface area contributed by atoms with E-state index in [1.54, 1.807) is 24.0 Å². The fourth-order valence-corrected chi connectivity index (χ4v) is 2.33. The van der Waals surface area contributed by atoms with Crippen LogP contribution in [0.5, 0.6) is 0 Å². The number of rotatable bonds is 4. The molecule has 0 fully saturated rings. The number of thioether (sulfide) groups is 1. The minimum absolute atomic E-state index is 0.0371. The fraction of sp³-hybridized carbons (Fsp3) is 0.231. The largest absolute Gasteiger partial charge is 0.390 e. The molecule has 0 radical (unpaired) electrons. The van der Waals surface area contributed by atoms with Crippen LogP contribution in [0.4, 0.5) is 0 Å². The molecule has 4 heteroatoms. The molecular weight excluding hydrogens is 232 g/mol. The first-order valence-electron chi connectivity index (χ1n) is 5.39. The third kappa shape index (κ3) is 3.54. The average Bonchev–Trinajstić information content (AvgIpc) is 2.37. The number of hydrogen-bond acceptors (Lipinski definition) is 4. The Morgan fingerprint density at radius 1 is 1.29 bits per heavy atom. The van der Waals surface area contributed by atoms with Crippen LogP contribution in [0.3, 0.4) is 0 Å². The second kappa shape index (κ2) is 5.80. The summed E-state index contributed by atoms with van der Waals surface area (Å²) in [7, 11) is 0. The molecule has 0 unspecified atom stereocenters. The molecule has 0 aliphatic carbocycles. The van der Waals surface area contributed by atoms with Crippen molar-refractivity contribution in [3.05, 3.63) is 53.6 Å². The lowest BCUT2D eigenvalue weighted by Crippen LogP contribution is -1.97. The monoisotopic (exact) mass is 246 g/mol. The summed E-state index contributed by atoms with van der Waals surface area (Å²) in [5.41, 5.74) is 1.92. The maximum absolute atomic E-state index is 8.99. The fourth-order valence-electron chi connectivity index (χ4n) is 1.45. The number of nitrogens with zero attached hydrogens (tertiary/aromatic N) is 2. The Labute approximate surface area is 105 Å². The summed E-state index contributed by atoms with van der Waals surface area (Å²) in [6.07, 6.45) is 1.69. The van der Waals surface area contributed by atoms with Crippen LogP contribution < -0.4 is 0 Å². The van der Waals surface area contributed by atoms with E-state index in [1.165, 1.54) is 10.5 Å². The third-order valence-corrected chi connectivity index (χ3v) is 3.27. The number of aromatic nitrogens is 2. The molecule has 0 atom stereocenters. The lowest BCUT2D eigenvalue weighted by Gasteiger charge is -2.03. The molecule has 0 bridgehead atoms. The van der Waals surface area contributed by atoms with Gasteiger partial charge in [0, 0.05) is 11.1 Å². The predicted octanol–water partition coefficient (Wildman–Crippen LogP) is 2.57. The topological polar surface area (TPSA) is 46.0 Å². The summed E-state index contributed by atoms with van der Waals surface area (Å²) in [6, 6.07) is 10.1. The van der Waals surface area contributed by atoms with Crippen LogP contribution in [0.25, 0.3) is 0 Å². The van der Waals surface area contributed by atoms with Gasteiger partial charge in [-0.15, -0.1) is 11.8 Å². The van der Waals surface area contributed by atoms with E-state index in [9.17, 15) is 0 Å². The molecule has 1 N–H and O–H groups in total. The Hall–Kier alpha value is -1.39. The molecule has 2 aromatic rings. The maximum Gasteiger partial charge on any atom is 0.138 e. The van der Waals surface area contributed by atoms with Gasteiger partial charge >= 0.3 is 0 Å². The Morgan fingerprint density at radius 2 is 2.18 bits per heavy atom. The van der Waals surface area contributed by atoms with E-state index in [-0.39, 0.29) is 6.61 Å². The molecule has 0 saturated heterocycles. The average molecular weight is 246 g/mol. The van der Waals surface area contributed by atoms with Crippen molar-refractivity contribution in [1.29, 1.82) is 0 Å². The SMILES string of the molecule is Cc1cccc(SCc2nccc(CO)n2)c1. The van der Waals surface area contributed by atoms with Crippen molar-refractivity contribution in [3.8, 4) is 0 Å². The van der Waals surface area contributed by atoms with Gasteiger partial charge < -0.3 is 5.11 Å². The highest BCUT2D eigenvalue weighted by atomic mass is 32.2. The molecule has 0 aliphatic rings.